The van der Waals surface area contributed by atoms with Crippen LogP contribution in [-0.2, 0) is 16.0 Å². The first kappa shape index (κ1) is 14.7. The molecule has 0 spiro atoms. The van der Waals surface area contributed by atoms with Crippen LogP contribution in [0.2, 0.25) is 0 Å². The fraction of sp³-hybridized carbons (Fsp3) is 0.765. The van der Waals surface area contributed by atoms with Gasteiger partial charge in [-0.1, -0.05) is 0 Å². The third kappa shape index (κ3) is 3.23. The fourth-order valence-electron chi connectivity index (χ4n) is 4.11. The van der Waals surface area contributed by atoms with Crippen LogP contribution in [0.15, 0.2) is 23.0 Å². The Balaban J connectivity index is 1.34. The summed E-state index contributed by atoms with van der Waals surface area (Å²) in [6.07, 6.45) is 5.29. The molecule has 3 atom stereocenters. The summed E-state index contributed by atoms with van der Waals surface area (Å²) >= 11 is 0. The summed E-state index contributed by atoms with van der Waals surface area (Å²) in [5.74, 6) is 1.44. The Morgan fingerprint density at radius 2 is 2.05 bits per heavy atom. The number of fused-ring (bicyclic) bond motifs is 1. The van der Waals surface area contributed by atoms with E-state index in [0.717, 1.165) is 58.5 Å². The second-order valence-corrected chi connectivity index (χ2v) is 6.86. The summed E-state index contributed by atoms with van der Waals surface area (Å²) < 4.78 is 16.8. The van der Waals surface area contributed by atoms with Crippen molar-refractivity contribution >= 4 is 0 Å². The Hall–Kier alpha value is -0.880. The van der Waals surface area contributed by atoms with Gasteiger partial charge in [-0.05, 0) is 24.9 Å². The van der Waals surface area contributed by atoms with Crippen molar-refractivity contribution in [1.29, 1.82) is 0 Å². The molecule has 4 heterocycles. The highest BCUT2D eigenvalue weighted by molar-refractivity contribution is 5.05. The predicted molar refractivity (Wildman–Crippen MR) is 82.6 cm³/mol. The van der Waals surface area contributed by atoms with E-state index in [9.17, 15) is 0 Å². The number of ether oxygens (including phenoxy) is 2. The number of hydrogen-bond acceptors (Lipinski definition) is 5. The summed E-state index contributed by atoms with van der Waals surface area (Å²) in [5, 5.41) is 0. The van der Waals surface area contributed by atoms with E-state index in [1.165, 1.54) is 18.5 Å². The van der Waals surface area contributed by atoms with Gasteiger partial charge in [-0.15, -0.1) is 0 Å². The van der Waals surface area contributed by atoms with Crippen molar-refractivity contribution in [3.05, 3.63) is 24.2 Å². The van der Waals surface area contributed by atoms with Crippen molar-refractivity contribution in [3.63, 3.8) is 0 Å². The molecule has 122 valence electrons. The lowest BCUT2D eigenvalue weighted by Crippen LogP contribution is -2.47. The first-order valence-corrected chi connectivity index (χ1v) is 8.53. The van der Waals surface area contributed by atoms with Crippen LogP contribution in [0.5, 0.6) is 0 Å². The van der Waals surface area contributed by atoms with Crippen molar-refractivity contribution in [2.75, 3.05) is 52.5 Å². The van der Waals surface area contributed by atoms with Crippen LogP contribution in [0.1, 0.15) is 12.0 Å². The molecule has 0 N–H and O–H groups in total. The van der Waals surface area contributed by atoms with Crippen LogP contribution in [0, 0.1) is 11.8 Å². The molecule has 3 aliphatic rings. The quantitative estimate of drug-likeness (QED) is 0.842. The molecule has 22 heavy (non-hydrogen) atoms. The zero-order valence-electron chi connectivity index (χ0n) is 13.2. The molecule has 5 heteroatoms. The lowest BCUT2D eigenvalue weighted by molar-refractivity contribution is -0.00494. The Kier molecular flexibility index (Phi) is 4.48. The Bertz CT molecular complexity index is 458. The van der Waals surface area contributed by atoms with Crippen LogP contribution in [0.4, 0.5) is 0 Å². The highest BCUT2D eigenvalue weighted by Gasteiger charge is 2.41. The topological polar surface area (TPSA) is 38.1 Å². The van der Waals surface area contributed by atoms with Crippen LogP contribution in [-0.4, -0.2) is 68.4 Å². The summed E-state index contributed by atoms with van der Waals surface area (Å²) in [7, 11) is 0. The Morgan fingerprint density at radius 1 is 1.14 bits per heavy atom. The number of morpholine rings is 1. The maximum atomic E-state index is 6.16. The molecule has 3 saturated heterocycles. The molecule has 1 aromatic heterocycles. The summed E-state index contributed by atoms with van der Waals surface area (Å²) in [5.41, 5.74) is 1.28. The lowest BCUT2D eigenvalue weighted by Gasteiger charge is -2.37. The van der Waals surface area contributed by atoms with E-state index in [0.29, 0.717) is 12.0 Å². The molecular weight excluding hydrogens is 280 g/mol. The molecule has 0 bridgehead atoms. The molecule has 0 aliphatic carbocycles. The SMILES string of the molecule is c1cc(CN2CC[C@@H]3CO[C@@H](CN4CCOCC4)[C@@H]3C2)co1. The molecule has 1 aromatic rings. The van der Waals surface area contributed by atoms with Crippen molar-refractivity contribution in [2.24, 2.45) is 11.8 Å². The Morgan fingerprint density at radius 3 is 2.86 bits per heavy atom. The van der Waals surface area contributed by atoms with E-state index < -0.39 is 0 Å². The van der Waals surface area contributed by atoms with Gasteiger partial charge in [0.15, 0.2) is 0 Å². The van der Waals surface area contributed by atoms with Gasteiger partial charge in [0.1, 0.15) is 0 Å². The lowest BCUT2D eigenvalue weighted by atomic mass is 9.84. The highest BCUT2D eigenvalue weighted by Crippen LogP contribution is 2.35. The minimum atomic E-state index is 0.398. The van der Waals surface area contributed by atoms with Crippen molar-refractivity contribution in [3.8, 4) is 0 Å². The van der Waals surface area contributed by atoms with Crippen molar-refractivity contribution in [1.82, 2.24) is 9.80 Å². The summed E-state index contributed by atoms with van der Waals surface area (Å²) in [4.78, 5) is 5.07. The molecule has 3 aliphatic heterocycles. The molecule has 4 rings (SSSR count). The zero-order valence-corrected chi connectivity index (χ0v) is 13.2. The van der Waals surface area contributed by atoms with Gasteiger partial charge in [-0.25, -0.2) is 0 Å². The van der Waals surface area contributed by atoms with Gasteiger partial charge >= 0.3 is 0 Å². The molecule has 5 nitrogen and oxygen atoms in total. The number of piperidine rings is 1. The monoisotopic (exact) mass is 306 g/mol. The molecule has 3 fully saturated rings. The van der Waals surface area contributed by atoms with Crippen LogP contribution in [0.25, 0.3) is 0 Å². The van der Waals surface area contributed by atoms with Gasteiger partial charge in [-0.3, -0.25) is 9.80 Å². The molecule has 0 radical (unpaired) electrons. The molecule has 0 unspecified atom stereocenters. The van der Waals surface area contributed by atoms with E-state index in [1.807, 2.05) is 6.26 Å². The summed E-state index contributed by atoms with van der Waals surface area (Å²) in [6.45, 7) is 9.21. The van der Waals surface area contributed by atoms with Crippen LogP contribution < -0.4 is 0 Å². The third-order valence-electron chi connectivity index (χ3n) is 5.42. The zero-order chi connectivity index (χ0) is 14.8. The van der Waals surface area contributed by atoms with E-state index in [4.69, 9.17) is 13.9 Å². The largest absolute Gasteiger partial charge is 0.472 e. The Labute approximate surface area is 132 Å². The van der Waals surface area contributed by atoms with Gasteiger partial charge in [0.05, 0.1) is 38.5 Å². The minimum absolute atomic E-state index is 0.398. The maximum absolute atomic E-state index is 6.16. The minimum Gasteiger partial charge on any atom is -0.472 e. The second kappa shape index (κ2) is 6.71. The highest BCUT2D eigenvalue weighted by atomic mass is 16.5. The van der Waals surface area contributed by atoms with Crippen LogP contribution >= 0.6 is 0 Å². The number of furan rings is 1. The third-order valence-corrected chi connectivity index (χ3v) is 5.42. The van der Waals surface area contributed by atoms with E-state index >= 15 is 0 Å². The smallest absolute Gasteiger partial charge is 0.0947 e. The standard InChI is InChI=1S/C17H26N2O3/c1-3-19(9-14-2-6-21-12-14)10-16-15(1)13-22-17(16)11-18-4-7-20-8-5-18/h2,6,12,15-17H,1,3-5,7-11,13H2/t15-,16-,17+/m1/s1. The second-order valence-electron chi connectivity index (χ2n) is 6.86. The van der Waals surface area contributed by atoms with Gasteiger partial charge in [0.25, 0.3) is 0 Å². The van der Waals surface area contributed by atoms with Gasteiger partial charge < -0.3 is 13.9 Å². The van der Waals surface area contributed by atoms with Gasteiger partial charge in [0.2, 0.25) is 0 Å². The van der Waals surface area contributed by atoms with E-state index in [1.54, 1.807) is 6.26 Å². The first-order chi connectivity index (χ1) is 10.9. The van der Waals surface area contributed by atoms with E-state index in [-0.39, 0.29) is 0 Å². The number of hydrogen-bond donors (Lipinski definition) is 0. The predicted octanol–water partition coefficient (Wildman–Crippen LogP) is 1.45. The summed E-state index contributed by atoms with van der Waals surface area (Å²) in [6, 6.07) is 2.07. The number of rotatable bonds is 4. The molecule has 0 aromatic carbocycles. The molecular formula is C17H26N2O3. The van der Waals surface area contributed by atoms with Gasteiger partial charge in [-0.2, -0.15) is 0 Å². The van der Waals surface area contributed by atoms with Gasteiger partial charge in [0, 0.05) is 44.2 Å². The van der Waals surface area contributed by atoms with Crippen molar-refractivity contribution < 1.29 is 13.9 Å². The normalized spacial score (nSPS) is 33.9. The number of likely N-dealkylation sites (tertiary alicyclic amines) is 1. The maximum Gasteiger partial charge on any atom is 0.0947 e. The van der Waals surface area contributed by atoms with Crippen LogP contribution in [0.3, 0.4) is 0 Å². The average molecular weight is 306 g/mol. The van der Waals surface area contributed by atoms with Crippen molar-refractivity contribution in [2.45, 2.75) is 19.1 Å². The fourth-order valence-corrected chi connectivity index (χ4v) is 4.11. The molecule has 0 saturated carbocycles. The average Bonchev–Trinajstić information content (AvgIpc) is 3.19. The number of nitrogens with zero attached hydrogens (tertiary/aromatic N) is 2. The molecule has 0 amide bonds. The van der Waals surface area contributed by atoms with E-state index in [2.05, 4.69) is 15.9 Å². The first-order valence-electron chi connectivity index (χ1n) is 8.53.